The number of sulfonamides is 1. The van der Waals surface area contributed by atoms with E-state index < -0.39 is 28.5 Å². The van der Waals surface area contributed by atoms with Crippen molar-refractivity contribution in [2.24, 2.45) is 0 Å². The number of anilines is 1. The van der Waals surface area contributed by atoms with E-state index in [1.165, 1.54) is 29.2 Å². The second-order valence-electron chi connectivity index (χ2n) is 9.44. The first-order chi connectivity index (χ1) is 18.4. The molecule has 0 aliphatic heterocycles. The summed E-state index contributed by atoms with van der Waals surface area (Å²) in [6.07, 6.45) is 0.726. The fourth-order valence-electron chi connectivity index (χ4n) is 3.81. The third-order valence-corrected chi connectivity index (χ3v) is 8.73. The zero-order valence-corrected chi connectivity index (χ0v) is 24.7. The molecule has 2 amide bonds. The van der Waals surface area contributed by atoms with Crippen LogP contribution in [0.3, 0.4) is 0 Å². The Kier molecular flexibility index (Phi) is 10.4. The summed E-state index contributed by atoms with van der Waals surface area (Å²) in [5, 5.41) is 3.85. The Labute approximate surface area is 240 Å². The highest BCUT2D eigenvalue weighted by Gasteiger charge is 2.32. The summed E-state index contributed by atoms with van der Waals surface area (Å²) < 4.78 is 28.6. The number of carbonyl (C=O) groups excluding carboxylic acids is 2. The molecule has 3 aromatic carbocycles. The first-order valence-corrected chi connectivity index (χ1v) is 14.8. The maximum absolute atomic E-state index is 13.9. The van der Waals surface area contributed by atoms with E-state index in [4.69, 9.17) is 23.2 Å². The molecule has 2 atom stereocenters. The van der Waals surface area contributed by atoms with Crippen LogP contribution in [0.25, 0.3) is 0 Å². The van der Waals surface area contributed by atoms with Gasteiger partial charge >= 0.3 is 0 Å². The van der Waals surface area contributed by atoms with Gasteiger partial charge in [-0.3, -0.25) is 13.9 Å². The van der Waals surface area contributed by atoms with Gasteiger partial charge in [0, 0.05) is 22.6 Å². The van der Waals surface area contributed by atoms with Crippen LogP contribution in [0.5, 0.6) is 0 Å². The van der Waals surface area contributed by atoms with Crippen LogP contribution in [0, 0.1) is 6.92 Å². The Balaban J connectivity index is 2.01. The highest BCUT2D eigenvalue weighted by atomic mass is 35.5. The number of aryl methyl sites for hydroxylation is 1. The van der Waals surface area contributed by atoms with E-state index in [0.717, 1.165) is 21.9 Å². The van der Waals surface area contributed by atoms with Crippen molar-refractivity contribution < 1.29 is 18.0 Å². The van der Waals surface area contributed by atoms with Crippen molar-refractivity contribution in [2.75, 3.05) is 10.8 Å². The first kappa shape index (κ1) is 30.5. The van der Waals surface area contributed by atoms with Gasteiger partial charge in [-0.25, -0.2) is 8.42 Å². The molecule has 0 aliphatic rings. The van der Waals surface area contributed by atoms with Gasteiger partial charge in [-0.05, 0) is 81.3 Å². The molecule has 7 nitrogen and oxygen atoms in total. The van der Waals surface area contributed by atoms with E-state index in [1.54, 1.807) is 55.5 Å². The highest BCUT2D eigenvalue weighted by Crippen LogP contribution is 2.26. The van der Waals surface area contributed by atoms with Crippen molar-refractivity contribution in [3.05, 3.63) is 94.0 Å². The molecule has 0 saturated heterocycles. The summed E-state index contributed by atoms with van der Waals surface area (Å²) in [6, 6.07) is 18.6. The standard InChI is InChI=1S/C29H33Cl2N3O4S/c1-5-21(3)32-29(36)22(4)33(18-23-8-10-24(30)11-9-23)28(35)19-34(26-14-6-20(2)7-15-26)39(37,38)27-16-12-25(31)13-17-27/h6-17,21-22H,5,18-19H2,1-4H3,(H,32,36)/t21-,22-/m0/s1. The lowest BCUT2D eigenvalue weighted by atomic mass is 10.1. The maximum Gasteiger partial charge on any atom is 0.264 e. The lowest BCUT2D eigenvalue weighted by molar-refractivity contribution is -0.139. The molecule has 3 aromatic rings. The minimum absolute atomic E-state index is 0.00733. The molecule has 0 unspecified atom stereocenters. The summed E-state index contributed by atoms with van der Waals surface area (Å²) >= 11 is 12.0. The number of carbonyl (C=O) groups is 2. The number of nitrogens with zero attached hydrogens (tertiary/aromatic N) is 2. The van der Waals surface area contributed by atoms with Gasteiger partial charge in [-0.15, -0.1) is 0 Å². The van der Waals surface area contributed by atoms with Crippen LogP contribution < -0.4 is 9.62 Å². The molecule has 0 spiro atoms. The number of nitrogens with one attached hydrogen (secondary N) is 1. The Morgan fingerprint density at radius 2 is 1.41 bits per heavy atom. The molecule has 0 aromatic heterocycles. The maximum atomic E-state index is 13.9. The van der Waals surface area contributed by atoms with Gasteiger partial charge in [0.15, 0.2) is 0 Å². The van der Waals surface area contributed by atoms with Crippen LogP contribution in [0.1, 0.15) is 38.3 Å². The van der Waals surface area contributed by atoms with Crippen LogP contribution in [0.2, 0.25) is 10.0 Å². The van der Waals surface area contributed by atoms with Gasteiger partial charge in [0.1, 0.15) is 12.6 Å². The van der Waals surface area contributed by atoms with Crippen molar-refractivity contribution in [3.63, 3.8) is 0 Å². The lowest BCUT2D eigenvalue weighted by Crippen LogP contribution is -2.52. The molecule has 0 radical (unpaired) electrons. The Bertz CT molecular complexity index is 1380. The van der Waals surface area contributed by atoms with E-state index in [0.29, 0.717) is 15.7 Å². The van der Waals surface area contributed by atoms with Crippen molar-refractivity contribution in [1.82, 2.24) is 10.2 Å². The molecule has 0 heterocycles. The minimum atomic E-state index is -4.15. The third kappa shape index (κ3) is 7.97. The normalized spacial score (nSPS) is 12.9. The second-order valence-corrected chi connectivity index (χ2v) is 12.2. The Hall–Kier alpha value is -3.07. The van der Waals surface area contributed by atoms with Crippen molar-refractivity contribution in [3.8, 4) is 0 Å². The Morgan fingerprint density at radius 3 is 1.95 bits per heavy atom. The van der Waals surface area contributed by atoms with Gasteiger partial charge in [0.25, 0.3) is 10.0 Å². The summed E-state index contributed by atoms with van der Waals surface area (Å²) in [7, 11) is -4.15. The summed E-state index contributed by atoms with van der Waals surface area (Å²) in [6.45, 7) is 6.94. The second kappa shape index (κ2) is 13.3. The van der Waals surface area contributed by atoms with Gasteiger partial charge in [0.2, 0.25) is 11.8 Å². The van der Waals surface area contributed by atoms with Crippen LogP contribution in [-0.2, 0) is 26.2 Å². The van der Waals surface area contributed by atoms with E-state index >= 15 is 0 Å². The molecule has 0 bridgehead atoms. The number of halogens is 2. The molecule has 3 rings (SSSR count). The first-order valence-electron chi connectivity index (χ1n) is 12.6. The van der Waals surface area contributed by atoms with Gasteiger partial charge in [0.05, 0.1) is 10.6 Å². The molecule has 0 aliphatic carbocycles. The van der Waals surface area contributed by atoms with E-state index in [9.17, 15) is 18.0 Å². The molecule has 39 heavy (non-hydrogen) atoms. The number of rotatable bonds is 11. The average Bonchev–Trinajstić information content (AvgIpc) is 2.91. The molecule has 0 fully saturated rings. The zero-order valence-electron chi connectivity index (χ0n) is 22.4. The zero-order chi connectivity index (χ0) is 28.7. The summed E-state index contributed by atoms with van der Waals surface area (Å²) in [5.74, 6) is -0.857. The van der Waals surface area contributed by atoms with E-state index in [-0.39, 0.29) is 23.4 Å². The molecular formula is C29H33Cl2N3O4S. The fraction of sp³-hybridized carbons (Fsp3) is 0.310. The lowest BCUT2D eigenvalue weighted by Gasteiger charge is -2.32. The molecular weight excluding hydrogens is 557 g/mol. The van der Waals surface area contributed by atoms with Gasteiger partial charge in [-0.2, -0.15) is 0 Å². The third-order valence-electron chi connectivity index (χ3n) is 6.44. The monoisotopic (exact) mass is 589 g/mol. The van der Waals surface area contributed by atoms with E-state index in [1.807, 2.05) is 20.8 Å². The minimum Gasteiger partial charge on any atom is -0.352 e. The number of benzene rings is 3. The van der Waals surface area contributed by atoms with Gasteiger partial charge in [-0.1, -0.05) is 60.0 Å². The number of hydrogen-bond acceptors (Lipinski definition) is 4. The van der Waals surface area contributed by atoms with E-state index in [2.05, 4.69) is 5.32 Å². The number of amides is 2. The summed E-state index contributed by atoms with van der Waals surface area (Å²) in [4.78, 5) is 28.3. The SMILES string of the molecule is CC[C@H](C)NC(=O)[C@H](C)N(Cc1ccc(Cl)cc1)C(=O)CN(c1ccc(C)cc1)S(=O)(=O)c1ccc(Cl)cc1. The summed E-state index contributed by atoms with van der Waals surface area (Å²) in [5.41, 5.74) is 2.01. The topological polar surface area (TPSA) is 86.8 Å². The van der Waals surface area contributed by atoms with Crippen LogP contribution in [0.4, 0.5) is 5.69 Å². The Morgan fingerprint density at radius 1 is 0.872 bits per heavy atom. The number of hydrogen-bond donors (Lipinski definition) is 1. The quantitative estimate of drug-likeness (QED) is 0.305. The predicted molar refractivity (Wildman–Crippen MR) is 157 cm³/mol. The fourth-order valence-corrected chi connectivity index (χ4v) is 5.47. The predicted octanol–water partition coefficient (Wildman–Crippen LogP) is 5.83. The van der Waals surface area contributed by atoms with Crippen LogP contribution >= 0.6 is 23.2 Å². The highest BCUT2D eigenvalue weighted by molar-refractivity contribution is 7.92. The van der Waals surface area contributed by atoms with Crippen molar-refractivity contribution in [1.29, 1.82) is 0 Å². The van der Waals surface area contributed by atoms with Gasteiger partial charge < -0.3 is 10.2 Å². The molecule has 10 heteroatoms. The molecule has 0 saturated carbocycles. The smallest absolute Gasteiger partial charge is 0.264 e. The van der Waals surface area contributed by atoms with Crippen LogP contribution in [0.15, 0.2) is 77.7 Å². The molecule has 208 valence electrons. The van der Waals surface area contributed by atoms with Crippen molar-refractivity contribution >= 4 is 50.7 Å². The molecule has 1 N–H and O–H groups in total. The van der Waals surface area contributed by atoms with Crippen LogP contribution in [-0.4, -0.2) is 43.8 Å². The van der Waals surface area contributed by atoms with Crippen molar-refractivity contribution in [2.45, 2.75) is 57.6 Å². The average molecular weight is 591 g/mol. The largest absolute Gasteiger partial charge is 0.352 e.